The van der Waals surface area contributed by atoms with Gasteiger partial charge in [-0.2, -0.15) is 5.26 Å². The first-order valence-electron chi connectivity index (χ1n) is 6.09. The number of methoxy groups -OCH3 is 1. The van der Waals surface area contributed by atoms with Crippen molar-refractivity contribution < 1.29 is 9.53 Å². The summed E-state index contributed by atoms with van der Waals surface area (Å²) in [6.45, 7) is 7.20. The van der Waals surface area contributed by atoms with Crippen molar-refractivity contribution in [2.24, 2.45) is 0 Å². The Morgan fingerprint density at radius 3 is 2.29 bits per heavy atom. The minimum absolute atomic E-state index is 0.00517. The van der Waals surface area contributed by atoms with Gasteiger partial charge in [0.05, 0.1) is 19.2 Å². The Bertz CT molecular complexity index is 293. The van der Waals surface area contributed by atoms with Crippen molar-refractivity contribution in [1.82, 2.24) is 9.80 Å². The predicted molar refractivity (Wildman–Crippen MR) is 64.3 cm³/mol. The standard InChI is InChI=1S/C12H21N3O2/c1-4-11(9-13)15-7-5-14(6-8-15)10(2)12(16)17-3/h10-11H,4-8H2,1-3H3. The van der Waals surface area contributed by atoms with Crippen LogP contribution in [-0.4, -0.2) is 61.1 Å². The third-order valence-corrected chi connectivity index (χ3v) is 3.42. The van der Waals surface area contributed by atoms with Gasteiger partial charge in [-0.25, -0.2) is 0 Å². The Balaban J connectivity index is 2.46. The first kappa shape index (κ1) is 13.9. The molecule has 1 aliphatic rings. The number of hydrogen-bond donors (Lipinski definition) is 0. The monoisotopic (exact) mass is 239 g/mol. The number of ether oxygens (including phenoxy) is 1. The molecule has 0 bridgehead atoms. The number of carbonyl (C=O) groups excluding carboxylic acids is 1. The molecule has 1 rings (SSSR count). The summed E-state index contributed by atoms with van der Waals surface area (Å²) in [5, 5.41) is 9.00. The summed E-state index contributed by atoms with van der Waals surface area (Å²) < 4.78 is 4.74. The first-order valence-corrected chi connectivity index (χ1v) is 6.09. The topological polar surface area (TPSA) is 56.6 Å². The molecule has 5 heteroatoms. The summed E-state index contributed by atoms with van der Waals surface area (Å²) >= 11 is 0. The van der Waals surface area contributed by atoms with E-state index in [2.05, 4.69) is 15.9 Å². The molecule has 1 fully saturated rings. The van der Waals surface area contributed by atoms with Crippen LogP contribution in [0.15, 0.2) is 0 Å². The van der Waals surface area contributed by atoms with E-state index >= 15 is 0 Å². The average Bonchev–Trinajstić information content (AvgIpc) is 2.39. The molecule has 96 valence electrons. The van der Waals surface area contributed by atoms with Crippen molar-refractivity contribution in [3.05, 3.63) is 0 Å². The highest BCUT2D eigenvalue weighted by Gasteiger charge is 2.28. The summed E-state index contributed by atoms with van der Waals surface area (Å²) in [6.07, 6.45) is 0.850. The van der Waals surface area contributed by atoms with Crippen LogP contribution in [-0.2, 0) is 9.53 Å². The summed E-state index contributed by atoms with van der Waals surface area (Å²) in [4.78, 5) is 15.7. The lowest BCUT2D eigenvalue weighted by Crippen LogP contribution is -2.54. The zero-order chi connectivity index (χ0) is 12.8. The van der Waals surface area contributed by atoms with Gasteiger partial charge in [-0.05, 0) is 13.3 Å². The van der Waals surface area contributed by atoms with Crippen molar-refractivity contribution >= 4 is 5.97 Å². The molecule has 0 spiro atoms. The van der Waals surface area contributed by atoms with E-state index in [1.54, 1.807) is 0 Å². The minimum atomic E-state index is -0.190. The number of piperazine rings is 1. The summed E-state index contributed by atoms with van der Waals surface area (Å²) in [5.74, 6) is -0.189. The van der Waals surface area contributed by atoms with Crippen LogP contribution in [0.4, 0.5) is 0 Å². The molecule has 2 atom stereocenters. The Morgan fingerprint density at radius 2 is 1.88 bits per heavy atom. The fourth-order valence-electron chi connectivity index (χ4n) is 2.19. The molecule has 0 saturated carbocycles. The highest BCUT2D eigenvalue weighted by molar-refractivity contribution is 5.75. The smallest absolute Gasteiger partial charge is 0.322 e. The second-order valence-corrected chi connectivity index (χ2v) is 4.32. The molecule has 0 aromatic carbocycles. The zero-order valence-corrected chi connectivity index (χ0v) is 10.8. The minimum Gasteiger partial charge on any atom is -0.468 e. The van der Waals surface area contributed by atoms with Gasteiger partial charge in [0.15, 0.2) is 0 Å². The number of carbonyl (C=O) groups is 1. The molecule has 0 aliphatic carbocycles. The summed E-state index contributed by atoms with van der Waals surface area (Å²) in [7, 11) is 1.41. The molecule has 0 amide bonds. The van der Waals surface area contributed by atoms with Crippen LogP contribution in [0.5, 0.6) is 0 Å². The van der Waals surface area contributed by atoms with Crippen LogP contribution in [0.3, 0.4) is 0 Å². The van der Waals surface area contributed by atoms with Crippen molar-refractivity contribution in [3.8, 4) is 6.07 Å². The van der Waals surface area contributed by atoms with E-state index in [1.807, 2.05) is 13.8 Å². The van der Waals surface area contributed by atoms with Gasteiger partial charge in [-0.15, -0.1) is 0 Å². The number of esters is 1. The highest BCUT2D eigenvalue weighted by atomic mass is 16.5. The van der Waals surface area contributed by atoms with Gasteiger partial charge in [0.2, 0.25) is 0 Å². The van der Waals surface area contributed by atoms with Crippen LogP contribution in [0.25, 0.3) is 0 Å². The van der Waals surface area contributed by atoms with Gasteiger partial charge >= 0.3 is 5.97 Å². The third-order valence-electron chi connectivity index (χ3n) is 3.42. The van der Waals surface area contributed by atoms with E-state index in [0.717, 1.165) is 32.6 Å². The molecule has 1 aliphatic heterocycles. The number of rotatable bonds is 4. The predicted octanol–water partition coefficient (Wildman–Crippen LogP) is 0.468. The van der Waals surface area contributed by atoms with Crippen LogP contribution in [0.2, 0.25) is 0 Å². The number of nitriles is 1. The fraction of sp³-hybridized carbons (Fsp3) is 0.833. The molecule has 0 aromatic heterocycles. The van der Waals surface area contributed by atoms with E-state index in [-0.39, 0.29) is 18.1 Å². The Hall–Kier alpha value is -1.12. The third kappa shape index (κ3) is 3.42. The van der Waals surface area contributed by atoms with Crippen LogP contribution >= 0.6 is 0 Å². The van der Waals surface area contributed by atoms with Crippen molar-refractivity contribution in [1.29, 1.82) is 5.26 Å². The Kier molecular flexibility index (Phi) is 5.39. The SMILES string of the molecule is CCC(C#N)N1CCN(C(C)C(=O)OC)CC1. The van der Waals surface area contributed by atoms with E-state index < -0.39 is 0 Å². The lowest BCUT2D eigenvalue weighted by Gasteiger charge is -2.38. The molecule has 0 N–H and O–H groups in total. The molecular formula is C12H21N3O2. The van der Waals surface area contributed by atoms with E-state index in [0.29, 0.717) is 0 Å². The largest absolute Gasteiger partial charge is 0.468 e. The maximum atomic E-state index is 11.4. The van der Waals surface area contributed by atoms with E-state index in [1.165, 1.54) is 7.11 Å². The maximum absolute atomic E-state index is 11.4. The molecule has 2 unspecified atom stereocenters. The number of hydrogen-bond acceptors (Lipinski definition) is 5. The number of nitrogens with zero attached hydrogens (tertiary/aromatic N) is 3. The quantitative estimate of drug-likeness (QED) is 0.667. The van der Waals surface area contributed by atoms with Gasteiger partial charge in [-0.1, -0.05) is 6.92 Å². The molecule has 5 nitrogen and oxygen atoms in total. The van der Waals surface area contributed by atoms with Crippen LogP contribution < -0.4 is 0 Å². The van der Waals surface area contributed by atoms with Crippen LogP contribution in [0.1, 0.15) is 20.3 Å². The molecule has 17 heavy (non-hydrogen) atoms. The summed E-state index contributed by atoms with van der Waals surface area (Å²) in [5.41, 5.74) is 0. The Morgan fingerprint density at radius 1 is 1.35 bits per heavy atom. The molecular weight excluding hydrogens is 218 g/mol. The average molecular weight is 239 g/mol. The lowest BCUT2D eigenvalue weighted by molar-refractivity contribution is -0.147. The van der Waals surface area contributed by atoms with Gasteiger partial charge in [-0.3, -0.25) is 14.6 Å². The Labute approximate surface area is 103 Å². The van der Waals surface area contributed by atoms with Crippen molar-refractivity contribution in [3.63, 3.8) is 0 Å². The lowest BCUT2D eigenvalue weighted by atomic mass is 10.1. The van der Waals surface area contributed by atoms with Crippen molar-refractivity contribution in [2.75, 3.05) is 33.3 Å². The van der Waals surface area contributed by atoms with Gasteiger partial charge in [0, 0.05) is 26.2 Å². The fourth-order valence-corrected chi connectivity index (χ4v) is 2.19. The van der Waals surface area contributed by atoms with Crippen LogP contribution in [0, 0.1) is 11.3 Å². The van der Waals surface area contributed by atoms with Gasteiger partial charge in [0.25, 0.3) is 0 Å². The van der Waals surface area contributed by atoms with E-state index in [4.69, 9.17) is 10.00 Å². The van der Waals surface area contributed by atoms with Crippen molar-refractivity contribution in [2.45, 2.75) is 32.4 Å². The molecule has 0 radical (unpaired) electrons. The normalized spacial score (nSPS) is 21.5. The maximum Gasteiger partial charge on any atom is 0.322 e. The zero-order valence-electron chi connectivity index (χ0n) is 10.8. The molecule has 1 heterocycles. The van der Waals surface area contributed by atoms with Gasteiger partial charge in [0.1, 0.15) is 6.04 Å². The second-order valence-electron chi connectivity index (χ2n) is 4.32. The first-order chi connectivity index (χ1) is 8.13. The summed E-state index contributed by atoms with van der Waals surface area (Å²) in [6, 6.07) is 2.13. The molecule has 1 saturated heterocycles. The second kappa shape index (κ2) is 6.58. The van der Waals surface area contributed by atoms with Gasteiger partial charge < -0.3 is 4.74 Å². The molecule has 0 aromatic rings. The highest BCUT2D eigenvalue weighted by Crippen LogP contribution is 2.11. The van der Waals surface area contributed by atoms with E-state index in [9.17, 15) is 4.79 Å².